The largest absolute Gasteiger partial charge is 2.00 e. The molecule has 0 N–H and O–H groups in total. The average Bonchev–Trinajstić information content (AvgIpc) is 3.71. The normalized spacial score (nSPS) is 13.7. The molecule has 5 heterocycles. The van der Waals surface area contributed by atoms with Crippen molar-refractivity contribution in [2.24, 2.45) is 0 Å². The zero-order chi connectivity index (χ0) is 33.2. The molecule has 9 aromatic rings. The molecule has 0 spiro atoms. The van der Waals surface area contributed by atoms with Gasteiger partial charge in [0.05, 0.1) is 5.65 Å². The molecule has 1 aliphatic heterocycles. The van der Waals surface area contributed by atoms with Crippen LogP contribution < -0.4 is 0 Å². The van der Waals surface area contributed by atoms with Gasteiger partial charge in [0.2, 0.25) is 0 Å². The van der Waals surface area contributed by atoms with Gasteiger partial charge in [-0.2, -0.15) is 28.9 Å². The van der Waals surface area contributed by atoms with Crippen LogP contribution in [0.2, 0.25) is 0 Å². The molecule has 0 aliphatic carbocycles. The van der Waals surface area contributed by atoms with E-state index < -0.39 is 5.41 Å². The van der Waals surface area contributed by atoms with E-state index in [0.717, 1.165) is 66.7 Å². The number of fused-ring (bicyclic) bond motifs is 11. The Morgan fingerprint density at radius 3 is 2.24 bits per heavy atom. The van der Waals surface area contributed by atoms with E-state index in [2.05, 4.69) is 153 Å². The third-order valence-electron chi connectivity index (χ3n) is 11.0. The van der Waals surface area contributed by atoms with Gasteiger partial charge in [-0.25, -0.2) is 4.98 Å². The van der Waals surface area contributed by atoms with Crippen LogP contribution in [-0.4, -0.2) is 24.1 Å². The summed E-state index contributed by atoms with van der Waals surface area (Å²) in [6.07, 6.45) is 1.90. The maximum Gasteiger partial charge on any atom is 2.00 e. The average molecular weight is 827 g/mol. The molecule has 6 heteroatoms. The van der Waals surface area contributed by atoms with E-state index in [4.69, 9.17) is 15.2 Å². The summed E-state index contributed by atoms with van der Waals surface area (Å²) in [7, 11) is 0. The van der Waals surface area contributed by atoms with E-state index in [1.165, 1.54) is 27.4 Å². The van der Waals surface area contributed by atoms with Crippen molar-refractivity contribution in [3.05, 3.63) is 149 Å². The number of para-hydroxylation sites is 2. The molecule has 0 saturated carbocycles. The van der Waals surface area contributed by atoms with Gasteiger partial charge in [-0.1, -0.05) is 111 Å². The van der Waals surface area contributed by atoms with Gasteiger partial charge in [0.25, 0.3) is 0 Å². The smallest absolute Gasteiger partial charge is 0.319 e. The molecule has 5 aromatic carbocycles. The van der Waals surface area contributed by atoms with E-state index in [-0.39, 0.29) is 26.5 Å². The van der Waals surface area contributed by atoms with Crippen molar-refractivity contribution < 1.29 is 21.1 Å². The molecular weight excluding hydrogens is 794 g/mol. The second-order valence-electron chi connectivity index (χ2n) is 14.5. The number of hydrogen-bond donors (Lipinski definition) is 0. The molecule has 0 bridgehead atoms. The Balaban J connectivity index is 0.00000336. The molecule has 4 aromatic heterocycles. The topological polar surface area (TPSA) is 48.0 Å². The third-order valence-corrected chi connectivity index (χ3v) is 11.0. The molecule has 244 valence electrons. The first-order valence-corrected chi connectivity index (χ1v) is 16.9. The van der Waals surface area contributed by atoms with Crippen molar-refractivity contribution in [1.82, 2.24) is 24.1 Å². The second-order valence-corrected chi connectivity index (χ2v) is 14.5. The molecule has 0 amide bonds. The fourth-order valence-electron chi connectivity index (χ4n) is 8.25. The molecule has 5 nitrogen and oxygen atoms in total. The molecule has 1 aliphatic rings. The monoisotopic (exact) mass is 826 g/mol. The number of aryl methyl sites for hydroxylation is 1. The van der Waals surface area contributed by atoms with Crippen molar-refractivity contribution in [3.8, 4) is 17.2 Å². The first kappa shape index (κ1) is 30.9. The SMILES string of the molecule is Cc1ccccc1-c1nnc2c3[c-]c(C(C)(C)c4[c-]c5c(cc4)c4cccc6c4n5-c4ncccc4C6(C)C)ccc3c3ccccc3n12.[Pt+2]. The van der Waals surface area contributed by atoms with Crippen LogP contribution in [0.3, 0.4) is 0 Å². The second kappa shape index (κ2) is 10.7. The van der Waals surface area contributed by atoms with Crippen molar-refractivity contribution >= 4 is 49.1 Å². The van der Waals surface area contributed by atoms with Crippen molar-refractivity contribution in [2.45, 2.75) is 45.4 Å². The summed E-state index contributed by atoms with van der Waals surface area (Å²) in [5, 5.41) is 15.2. The Morgan fingerprint density at radius 1 is 0.680 bits per heavy atom. The number of rotatable bonds is 3. The van der Waals surface area contributed by atoms with Gasteiger partial charge in [0.1, 0.15) is 5.82 Å². The summed E-state index contributed by atoms with van der Waals surface area (Å²) in [6.45, 7) is 11.3. The van der Waals surface area contributed by atoms with Gasteiger partial charge >= 0.3 is 21.1 Å². The van der Waals surface area contributed by atoms with E-state index >= 15 is 0 Å². The van der Waals surface area contributed by atoms with Crippen molar-refractivity contribution in [3.63, 3.8) is 0 Å². The molecule has 0 radical (unpaired) electrons. The van der Waals surface area contributed by atoms with Crippen molar-refractivity contribution in [1.29, 1.82) is 0 Å². The minimum Gasteiger partial charge on any atom is -0.319 e. The Labute approximate surface area is 304 Å². The predicted octanol–water partition coefficient (Wildman–Crippen LogP) is 10.1. The van der Waals surface area contributed by atoms with Crippen molar-refractivity contribution in [2.75, 3.05) is 0 Å². The van der Waals surface area contributed by atoms with Gasteiger partial charge in [-0.3, -0.25) is 0 Å². The maximum atomic E-state index is 4.95. The summed E-state index contributed by atoms with van der Waals surface area (Å²) in [5.74, 6) is 1.83. The Bertz CT molecular complexity index is 2860. The van der Waals surface area contributed by atoms with Gasteiger partial charge in [0, 0.05) is 33.8 Å². The maximum absolute atomic E-state index is 4.95. The summed E-state index contributed by atoms with van der Waals surface area (Å²) in [5.41, 5.74) is 10.5. The fourth-order valence-corrected chi connectivity index (χ4v) is 8.25. The third kappa shape index (κ3) is 4.01. The number of aromatic nitrogens is 5. The van der Waals surface area contributed by atoms with Gasteiger partial charge in [-0.05, 0) is 46.4 Å². The van der Waals surface area contributed by atoms with Crippen LogP contribution in [0, 0.1) is 19.1 Å². The summed E-state index contributed by atoms with van der Waals surface area (Å²) in [6, 6.07) is 44.6. The summed E-state index contributed by atoms with van der Waals surface area (Å²) < 4.78 is 4.54. The molecule has 0 fully saturated rings. The Morgan fingerprint density at radius 2 is 1.40 bits per heavy atom. The first-order chi connectivity index (χ1) is 23.7. The molecule has 0 atom stereocenters. The van der Waals surface area contributed by atoms with Gasteiger partial charge in [0.15, 0.2) is 5.82 Å². The standard InChI is InChI=1S/C44H33N5.Pt/c1-26-12-6-7-13-29(26)40-46-47-41-34-24-27(19-21-30(34)31-14-8-9-18-37(31)49(40)41)43(2,3)28-20-22-32-33-15-10-16-35-39(33)48(38(32)25-28)42-36(44(35,4)5)17-11-23-45-42;/h6-23H,1-5H3;/q-2;+2. The minimum atomic E-state index is -0.412. The fraction of sp³-hybridized carbons (Fsp3) is 0.159. The van der Waals surface area contributed by atoms with Crippen LogP contribution in [0.25, 0.3) is 66.3 Å². The van der Waals surface area contributed by atoms with E-state index in [9.17, 15) is 0 Å². The molecule has 0 saturated heterocycles. The summed E-state index contributed by atoms with van der Waals surface area (Å²) >= 11 is 0. The van der Waals surface area contributed by atoms with Crippen LogP contribution >= 0.6 is 0 Å². The number of benzene rings is 5. The van der Waals surface area contributed by atoms with Crippen LogP contribution in [0.4, 0.5) is 0 Å². The van der Waals surface area contributed by atoms with Crippen LogP contribution in [0.15, 0.2) is 109 Å². The van der Waals surface area contributed by atoms with Crippen LogP contribution in [0.1, 0.15) is 55.5 Å². The van der Waals surface area contributed by atoms with E-state index in [1.807, 2.05) is 12.3 Å². The van der Waals surface area contributed by atoms with Gasteiger partial charge < -0.3 is 8.97 Å². The molecule has 50 heavy (non-hydrogen) atoms. The van der Waals surface area contributed by atoms with Crippen LogP contribution in [0.5, 0.6) is 0 Å². The molecular formula is C44H33N5Pt. The van der Waals surface area contributed by atoms with Crippen LogP contribution in [-0.2, 0) is 31.9 Å². The zero-order valence-electron chi connectivity index (χ0n) is 28.4. The first-order valence-electron chi connectivity index (χ1n) is 16.9. The van der Waals surface area contributed by atoms with E-state index in [0.29, 0.717) is 0 Å². The minimum absolute atomic E-state index is 0. The molecule has 10 rings (SSSR count). The quantitative estimate of drug-likeness (QED) is 0.132. The number of nitrogens with zero attached hydrogens (tertiary/aromatic N) is 5. The zero-order valence-corrected chi connectivity index (χ0v) is 30.7. The Kier molecular flexibility index (Phi) is 6.61. The summed E-state index contributed by atoms with van der Waals surface area (Å²) in [4.78, 5) is 4.95. The van der Waals surface area contributed by atoms with Gasteiger partial charge in [-0.15, -0.1) is 34.2 Å². The number of hydrogen-bond acceptors (Lipinski definition) is 3. The number of pyridine rings is 2. The Hall–Kier alpha value is -5.12. The predicted molar refractivity (Wildman–Crippen MR) is 199 cm³/mol. The molecule has 0 unspecified atom stereocenters. The van der Waals surface area contributed by atoms with E-state index in [1.54, 1.807) is 0 Å².